The zero-order valence-corrected chi connectivity index (χ0v) is 14.5. The summed E-state index contributed by atoms with van der Waals surface area (Å²) in [4.78, 5) is 24.3. The van der Waals surface area contributed by atoms with E-state index in [2.05, 4.69) is 5.32 Å². The maximum absolute atomic E-state index is 12.7. The Morgan fingerprint density at radius 2 is 2.08 bits per heavy atom. The Hall–Kier alpha value is -2.32. The molecule has 1 amide bonds. The van der Waals surface area contributed by atoms with Crippen LogP contribution < -0.4 is 5.32 Å². The van der Waals surface area contributed by atoms with Crippen LogP contribution in [0.3, 0.4) is 0 Å². The molecule has 6 nitrogen and oxygen atoms in total. The third-order valence-electron chi connectivity index (χ3n) is 4.20. The Balaban J connectivity index is 1.97. The van der Waals surface area contributed by atoms with E-state index >= 15 is 0 Å². The summed E-state index contributed by atoms with van der Waals surface area (Å²) in [6, 6.07) is 2.31. The van der Waals surface area contributed by atoms with Crippen LogP contribution in [-0.2, 0) is 11.0 Å². The summed E-state index contributed by atoms with van der Waals surface area (Å²) in [5, 5.41) is 13.8. The summed E-state index contributed by atoms with van der Waals surface area (Å²) >= 11 is 0. The molecule has 0 heterocycles. The van der Waals surface area contributed by atoms with E-state index in [0.717, 1.165) is 37.9 Å². The summed E-state index contributed by atoms with van der Waals surface area (Å²) < 4.78 is 38.1. The van der Waals surface area contributed by atoms with E-state index in [0.29, 0.717) is 18.5 Å². The van der Waals surface area contributed by atoms with Crippen molar-refractivity contribution in [2.75, 3.05) is 25.0 Å². The van der Waals surface area contributed by atoms with Gasteiger partial charge in [-0.05, 0) is 37.3 Å². The van der Waals surface area contributed by atoms with E-state index in [9.17, 15) is 28.1 Å². The van der Waals surface area contributed by atoms with Crippen LogP contribution in [0.4, 0.5) is 24.5 Å². The van der Waals surface area contributed by atoms with Crippen LogP contribution in [0.5, 0.6) is 0 Å². The molecule has 1 N–H and O–H groups in total. The number of nitro benzene ring substituents is 1. The molecule has 9 heteroatoms. The van der Waals surface area contributed by atoms with Crippen molar-refractivity contribution in [2.24, 2.45) is 5.92 Å². The molecular weight excluding hydrogens is 351 g/mol. The van der Waals surface area contributed by atoms with Crippen molar-refractivity contribution in [3.63, 3.8) is 0 Å². The zero-order chi connectivity index (χ0) is 19.3. The maximum atomic E-state index is 12.7. The second-order valence-corrected chi connectivity index (χ2v) is 6.45. The van der Waals surface area contributed by atoms with Gasteiger partial charge in [0, 0.05) is 32.1 Å². The first-order chi connectivity index (χ1) is 12.2. The number of carbonyl (C=O) groups is 1. The molecular formula is C17H22F3N3O3. The summed E-state index contributed by atoms with van der Waals surface area (Å²) in [5.41, 5.74) is -1.76. The van der Waals surface area contributed by atoms with Crippen molar-refractivity contribution >= 4 is 17.3 Å². The lowest BCUT2D eigenvalue weighted by molar-refractivity contribution is -0.384. The van der Waals surface area contributed by atoms with Crippen molar-refractivity contribution in [3.8, 4) is 0 Å². The van der Waals surface area contributed by atoms with Crippen molar-refractivity contribution in [1.29, 1.82) is 0 Å². The van der Waals surface area contributed by atoms with Gasteiger partial charge in [-0.1, -0.05) is 6.92 Å². The molecule has 1 fully saturated rings. The number of carbonyl (C=O) groups excluding carboxylic acids is 1. The SMILES string of the molecule is CCCN(CC1CC1)C(=O)CCNc1ccc(C(F)(F)F)cc1[N+](=O)[O-]. The lowest BCUT2D eigenvalue weighted by Gasteiger charge is -2.22. The van der Waals surface area contributed by atoms with Crippen molar-refractivity contribution in [3.05, 3.63) is 33.9 Å². The van der Waals surface area contributed by atoms with Gasteiger partial charge in [0.05, 0.1) is 10.5 Å². The molecule has 1 aromatic carbocycles. The monoisotopic (exact) mass is 373 g/mol. The Morgan fingerprint density at radius 3 is 2.62 bits per heavy atom. The number of benzene rings is 1. The molecule has 0 radical (unpaired) electrons. The first-order valence-corrected chi connectivity index (χ1v) is 8.59. The Morgan fingerprint density at radius 1 is 1.38 bits per heavy atom. The molecule has 0 aromatic heterocycles. The summed E-state index contributed by atoms with van der Waals surface area (Å²) in [5.74, 6) is 0.510. The van der Waals surface area contributed by atoms with Crippen molar-refractivity contribution < 1.29 is 22.9 Å². The van der Waals surface area contributed by atoms with E-state index in [1.54, 1.807) is 4.90 Å². The Kier molecular flexibility index (Phi) is 6.44. The molecule has 0 atom stereocenters. The highest BCUT2D eigenvalue weighted by Crippen LogP contribution is 2.35. The molecule has 0 unspecified atom stereocenters. The van der Waals surface area contributed by atoms with Gasteiger partial charge in [0.15, 0.2) is 0 Å². The highest BCUT2D eigenvalue weighted by Gasteiger charge is 2.33. The number of nitrogens with zero attached hydrogens (tertiary/aromatic N) is 2. The molecule has 1 aliphatic carbocycles. The number of hydrogen-bond acceptors (Lipinski definition) is 4. The fourth-order valence-corrected chi connectivity index (χ4v) is 2.67. The van der Waals surface area contributed by atoms with E-state index in [1.165, 1.54) is 0 Å². The Labute approximate surface area is 149 Å². The molecule has 0 spiro atoms. The van der Waals surface area contributed by atoms with Crippen molar-refractivity contribution in [2.45, 2.75) is 38.8 Å². The minimum absolute atomic E-state index is 0.0277. The van der Waals surface area contributed by atoms with Gasteiger partial charge in [0.25, 0.3) is 5.69 Å². The molecule has 1 aromatic rings. The molecule has 0 saturated heterocycles. The van der Waals surface area contributed by atoms with Gasteiger partial charge in [0.1, 0.15) is 5.69 Å². The average Bonchev–Trinajstić information content (AvgIpc) is 3.37. The Bertz CT molecular complexity index is 660. The fraction of sp³-hybridized carbons (Fsp3) is 0.588. The number of nitrogens with one attached hydrogen (secondary N) is 1. The van der Waals surface area contributed by atoms with Crippen LogP contribution in [-0.4, -0.2) is 35.4 Å². The molecule has 1 aliphatic rings. The summed E-state index contributed by atoms with van der Waals surface area (Å²) in [7, 11) is 0. The molecule has 0 bridgehead atoms. The molecule has 26 heavy (non-hydrogen) atoms. The number of halogens is 3. The molecule has 2 rings (SSSR count). The normalized spacial score (nSPS) is 14.2. The topological polar surface area (TPSA) is 75.5 Å². The van der Waals surface area contributed by atoms with Gasteiger partial charge in [-0.15, -0.1) is 0 Å². The second kappa shape index (κ2) is 8.37. The van der Waals surface area contributed by atoms with Crippen LogP contribution in [0.25, 0.3) is 0 Å². The van der Waals surface area contributed by atoms with Crippen LogP contribution >= 0.6 is 0 Å². The maximum Gasteiger partial charge on any atom is 0.416 e. The van der Waals surface area contributed by atoms with Gasteiger partial charge >= 0.3 is 6.18 Å². The first kappa shape index (κ1) is 20.0. The number of alkyl halides is 3. The fourth-order valence-electron chi connectivity index (χ4n) is 2.67. The quantitative estimate of drug-likeness (QED) is 0.523. The number of hydrogen-bond donors (Lipinski definition) is 1. The number of anilines is 1. The number of amides is 1. The minimum atomic E-state index is -4.65. The minimum Gasteiger partial charge on any atom is -0.379 e. The molecule has 144 valence electrons. The van der Waals surface area contributed by atoms with Gasteiger partial charge < -0.3 is 10.2 Å². The van der Waals surface area contributed by atoms with Gasteiger partial charge in [-0.2, -0.15) is 13.2 Å². The average molecular weight is 373 g/mol. The first-order valence-electron chi connectivity index (χ1n) is 8.59. The van der Waals surface area contributed by atoms with Crippen LogP contribution in [0.15, 0.2) is 18.2 Å². The lowest BCUT2D eigenvalue weighted by atomic mass is 10.1. The van der Waals surface area contributed by atoms with Crippen LogP contribution in [0.2, 0.25) is 0 Å². The van der Waals surface area contributed by atoms with Crippen molar-refractivity contribution in [1.82, 2.24) is 4.90 Å². The standard InChI is InChI=1S/C17H22F3N3O3/c1-2-9-22(11-12-3-4-12)16(24)7-8-21-14-6-5-13(17(18,19)20)10-15(14)23(25)26/h5-6,10,12,21H,2-4,7-9,11H2,1H3. The van der Waals surface area contributed by atoms with E-state index in [4.69, 9.17) is 0 Å². The van der Waals surface area contributed by atoms with E-state index in [-0.39, 0.29) is 24.6 Å². The predicted molar refractivity (Wildman–Crippen MR) is 90.8 cm³/mol. The van der Waals surface area contributed by atoms with Gasteiger partial charge in [-0.3, -0.25) is 14.9 Å². The third-order valence-corrected chi connectivity index (χ3v) is 4.20. The zero-order valence-electron chi connectivity index (χ0n) is 14.5. The van der Waals surface area contributed by atoms with Crippen LogP contribution in [0.1, 0.15) is 38.2 Å². The van der Waals surface area contributed by atoms with Gasteiger partial charge in [-0.25, -0.2) is 0 Å². The smallest absolute Gasteiger partial charge is 0.379 e. The van der Waals surface area contributed by atoms with Gasteiger partial charge in [0.2, 0.25) is 5.91 Å². The third kappa shape index (κ3) is 5.60. The molecule has 1 saturated carbocycles. The van der Waals surface area contributed by atoms with E-state index in [1.807, 2.05) is 6.92 Å². The second-order valence-electron chi connectivity index (χ2n) is 6.45. The number of nitro groups is 1. The van der Waals surface area contributed by atoms with E-state index < -0.39 is 22.4 Å². The molecule has 0 aliphatic heterocycles. The highest BCUT2D eigenvalue weighted by molar-refractivity contribution is 5.77. The summed E-state index contributed by atoms with van der Waals surface area (Å²) in [6.07, 6.45) is -1.42. The predicted octanol–water partition coefficient (Wildman–Crippen LogP) is 4.06. The largest absolute Gasteiger partial charge is 0.416 e. The summed E-state index contributed by atoms with van der Waals surface area (Å²) in [6.45, 7) is 3.50. The highest BCUT2D eigenvalue weighted by atomic mass is 19.4. The lowest BCUT2D eigenvalue weighted by Crippen LogP contribution is -2.34. The number of rotatable bonds is 9. The van der Waals surface area contributed by atoms with Crippen LogP contribution in [0, 0.1) is 16.0 Å².